The van der Waals surface area contributed by atoms with E-state index in [1.165, 1.54) is 14.2 Å². The van der Waals surface area contributed by atoms with Crippen LogP contribution in [0.3, 0.4) is 0 Å². The molecule has 0 aliphatic rings. The standard InChI is InChI=1S/C30H29NO7S/c1-17-6-5-7-20-21(16-39-30(17)20)28-25(37-3)12-10-22(31-28)29(35)19(9-13-27(33)34)14-23(32)18-8-11-24(36-2)26(15-18)38-4/h5-8,10-12,15-16,19H,9,13-14H2,1-4H3,(H,33,34)/t19-/m1/s1. The lowest BCUT2D eigenvalue weighted by Crippen LogP contribution is -2.21. The highest BCUT2D eigenvalue weighted by molar-refractivity contribution is 7.18. The average molecular weight is 548 g/mol. The molecule has 39 heavy (non-hydrogen) atoms. The SMILES string of the molecule is COc1ccc(C(=O)C[C@@H](CCC(=O)O)C(=O)c2ccc(OC)c(-c3csc4c(C)cccc34)n2)cc1OC. The van der Waals surface area contributed by atoms with Gasteiger partial charge in [-0.05, 0) is 49.2 Å². The number of benzene rings is 2. The van der Waals surface area contributed by atoms with Crippen LogP contribution < -0.4 is 14.2 Å². The molecule has 2 aromatic carbocycles. The molecule has 0 fully saturated rings. The number of Topliss-reactive ketones (excluding diaryl/α,β-unsaturated/α-hetero) is 2. The summed E-state index contributed by atoms with van der Waals surface area (Å²) in [5, 5.41) is 12.3. The predicted octanol–water partition coefficient (Wildman–Crippen LogP) is 6.23. The van der Waals surface area contributed by atoms with Gasteiger partial charge in [0.25, 0.3) is 0 Å². The number of carboxylic acid groups (broad SMARTS) is 1. The van der Waals surface area contributed by atoms with Gasteiger partial charge in [0.15, 0.2) is 23.1 Å². The molecule has 4 aromatic rings. The summed E-state index contributed by atoms with van der Waals surface area (Å²) >= 11 is 1.59. The molecule has 0 spiro atoms. The summed E-state index contributed by atoms with van der Waals surface area (Å²) in [6, 6.07) is 14.0. The highest BCUT2D eigenvalue weighted by atomic mass is 32.1. The van der Waals surface area contributed by atoms with Crippen LogP contribution in [0.25, 0.3) is 21.3 Å². The van der Waals surface area contributed by atoms with Crippen LogP contribution in [-0.2, 0) is 4.79 Å². The third-order valence-electron chi connectivity index (χ3n) is 6.60. The van der Waals surface area contributed by atoms with Crippen LogP contribution in [-0.4, -0.2) is 49.0 Å². The molecule has 8 nitrogen and oxygen atoms in total. The number of rotatable bonds is 12. The molecule has 202 valence electrons. The van der Waals surface area contributed by atoms with E-state index in [1.54, 1.807) is 48.8 Å². The molecule has 1 N–H and O–H groups in total. The second kappa shape index (κ2) is 12.1. The van der Waals surface area contributed by atoms with Gasteiger partial charge in [-0.1, -0.05) is 18.2 Å². The van der Waals surface area contributed by atoms with Gasteiger partial charge in [-0.15, -0.1) is 11.3 Å². The van der Waals surface area contributed by atoms with Gasteiger partial charge in [0.1, 0.15) is 17.1 Å². The number of hydrogen-bond acceptors (Lipinski definition) is 8. The van der Waals surface area contributed by atoms with Crippen molar-refractivity contribution >= 4 is 39.0 Å². The number of hydrogen-bond donors (Lipinski definition) is 1. The number of fused-ring (bicyclic) bond motifs is 1. The van der Waals surface area contributed by atoms with Crippen molar-refractivity contribution in [2.24, 2.45) is 5.92 Å². The maximum atomic E-state index is 13.7. The van der Waals surface area contributed by atoms with Crippen molar-refractivity contribution in [1.82, 2.24) is 4.98 Å². The Morgan fingerprint density at radius 2 is 1.67 bits per heavy atom. The maximum Gasteiger partial charge on any atom is 0.303 e. The van der Waals surface area contributed by atoms with E-state index >= 15 is 0 Å². The maximum absolute atomic E-state index is 13.7. The Labute approximate surface area is 230 Å². The Hall–Kier alpha value is -4.24. The summed E-state index contributed by atoms with van der Waals surface area (Å²) in [5.74, 6) is -1.27. The van der Waals surface area contributed by atoms with Crippen LogP contribution >= 0.6 is 11.3 Å². The molecular formula is C30H29NO7S. The molecule has 0 amide bonds. The molecular weight excluding hydrogens is 518 g/mol. The fourth-order valence-corrected chi connectivity index (χ4v) is 5.54. The average Bonchev–Trinajstić information content (AvgIpc) is 3.39. The summed E-state index contributed by atoms with van der Waals surface area (Å²) in [5.41, 5.74) is 2.98. The Morgan fingerprint density at radius 1 is 0.949 bits per heavy atom. The molecule has 4 rings (SSSR count). The normalized spacial score (nSPS) is 11.7. The second-order valence-electron chi connectivity index (χ2n) is 9.04. The van der Waals surface area contributed by atoms with Gasteiger partial charge >= 0.3 is 5.97 Å². The van der Waals surface area contributed by atoms with Gasteiger partial charge in [0.2, 0.25) is 0 Å². The predicted molar refractivity (Wildman–Crippen MR) is 150 cm³/mol. The van der Waals surface area contributed by atoms with Crippen LogP contribution in [0, 0.1) is 12.8 Å². The highest BCUT2D eigenvalue weighted by Gasteiger charge is 2.27. The molecule has 2 heterocycles. The Morgan fingerprint density at radius 3 is 2.36 bits per heavy atom. The van der Waals surface area contributed by atoms with Crippen LogP contribution in [0.2, 0.25) is 0 Å². The molecule has 0 unspecified atom stereocenters. The number of aliphatic carboxylic acids is 1. The first kappa shape index (κ1) is 27.8. The van der Waals surface area contributed by atoms with Crippen molar-refractivity contribution in [2.45, 2.75) is 26.2 Å². The van der Waals surface area contributed by atoms with Crippen molar-refractivity contribution in [3.05, 3.63) is 70.7 Å². The summed E-state index contributed by atoms with van der Waals surface area (Å²) in [7, 11) is 4.51. The summed E-state index contributed by atoms with van der Waals surface area (Å²) < 4.78 is 17.2. The first-order valence-electron chi connectivity index (χ1n) is 12.3. The lowest BCUT2D eigenvalue weighted by molar-refractivity contribution is -0.137. The number of ether oxygens (including phenoxy) is 3. The topological polar surface area (TPSA) is 112 Å². The zero-order valence-electron chi connectivity index (χ0n) is 22.1. The largest absolute Gasteiger partial charge is 0.494 e. The number of aryl methyl sites for hydroxylation is 1. The Kier molecular flexibility index (Phi) is 8.61. The zero-order chi connectivity index (χ0) is 28.1. The van der Waals surface area contributed by atoms with Gasteiger partial charge in [-0.25, -0.2) is 4.98 Å². The minimum absolute atomic E-state index is 0.00316. The molecule has 0 saturated heterocycles. The van der Waals surface area contributed by atoms with E-state index in [0.717, 1.165) is 21.2 Å². The lowest BCUT2D eigenvalue weighted by atomic mass is 9.88. The third-order valence-corrected chi connectivity index (χ3v) is 7.73. The smallest absolute Gasteiger partial charge is 0.303 e. The number of carbonyl (C=O) groups excluding carboxylic acids is 2. The summed E-state index contributed by atoms with van der Waals surface area (Å²) in [4.78, 5) is 42.9. The Balaban J connectivity index is 1.69. The van der Waals surface area contributed by atoms with E-state index in [2.05, 4.69) is 4.98 Å². The summed E-state index contributed by atoms with van der Waals surface area (Å²) in [6.07, 6.45) is -0.435. The molecule has 0 aliphatic carbocycles. The number of carbonyl (C=O) groups is 3. The van der Waals surface area contributed by atoms with Gasteiger partial charge in [0.05, 0.1) is 21.3 Å². The molecule has 0 bridgehead atoms. The van der Waals surface area contributed by atoms with E-state index in [0.29, 0.717) is 28.5 Å². The van der Waals surface area contributed by atoms with E-state index in [4.69, 9.17) is 14.2 Å². The zero-order valence-corrected chi connectivity index (χ0v) is 23.0. The number of thiophene rings is 1. The number of methoxy groups -OCH3 is 3. The van der Waals surface area contributed by atoms with E-state index in [9.17, 15) is 19.5 Å². The fourth-order valence-electron chi connectivity index (χ4n) is 4.51. The van der Waals surface area contributed by atoms with Crippen LogP contribution in [0.5, 0.6) is 17.2 Å². The summed E-state index contributed by atoms with van der Waals surface area (Å²) in [6.45, 7) is 2.04. The van der Waals surface area contributed by atoms with Crippen LogP contribution in [0.4, 0.5) is 0 Å². The first-order valence-corrected chi connectivity index (χ1v) is 13.2. The number of pyridine rings is 1. The van der Waals surface area contributed by atoms with Gasteiger partial charge < -0.3 is 19.3 Å². The minimum Gasteiger partial charge on any atom is -0.494 e. The molecule has 0 aliphatic heterocycles. The van der Waals surface area contributed by atoms with E-state index < -0.39 is 17.7 Å². The van der Waals surface area contributed by atoms with Crippen molar-refractivity contribution in [1.29, 1.82) is 0 Å². The quantitative estimate of drug-likeness (QED) is 0.208. The lowest BCUT2D eigenvalue weighted by Gasteiger charge is -2.16. The van der Waals surface area contributed by atoms with Crippen molar-refractivity contribution in [2.75, 3.05) is 21.3 Å². The fraction of sp³-hybridized carbons (Fsp3) is 0.267. The number of carboxylic acids is 1. The second-order valence-corrected chi connectivity index (χ2v) is 9.92. The van der Waals surface area contributed by atoms with E-state index in [1.807, 2.05) is 30.5 Å². The van der Waals surface area contributed by atoms with Crippen molar-refractivity contribution in [3.8, 4) is 28.5 Å². The van der Waals surface area contributed by atoms with Gasteiger partial charge in [0, 0.05) is 45.4 Å². The molecule has 0 radical (unpaired) electrons. The number of ketones is 2. The first-order chi connectivity index (χ1) is 18.8. The minimum atomic E-state index is -1.05. The van der Waals surface area contributed by atoms with Crippen molar-refractivity contribution < 1.29 is 33.7 Å². The van der Waals surface area contributed by atoms with Crippen LogP contribution in [0.15, 0.2) is 53.9 Å². The monoisotopic (exact) mass is 547 g/mol. The Bertz CT molecular complexity index is 1540. The molecule has 2 aromatic heterocycles. The van der Waals surface area contributed by atoms with Crippen molar-refractivity contribution in [3.63, 3.8) is 0 Å². The highest BCUT2D eigenvalue weighted by Crippen LogP contribution is 2.39. The van der Waals surface area contributed by atoms with E-state index in [-0.39, 0.29) is 30.7 Å². The van der Waals surface area contributed by atoms with Gasteiger partial charge in [-0.3, -0.25) is 14.4 Å². The number of aromatic nitrogens is 1. The van der Waals surface area contributed by atoms with Gasteiger partial charge in [-0.2, -0.15) is 0 Å². The molecule has 9 heteroatoms. The van der Waals surface area contributed by atoms with Crippen LogP contribution in [0.1, 0.15) is 45.7 Å². The third kappa shape index (κ3) is 5.93. The number of nitrogens with zero attached hydrogens (tertiary/aromatic N) is 1. The molecule has 0 saturated carbocycles. The molecule has 1 atom stereocenters.